The quantitative estimate of drug-likeness (QED) is 0.737. The molecule has 0 N–H and O–H groups in total. The fourth-order valence-corrected chi connectivity index (χ4v) is 1.24. The molecule has 0 heterocycles. The molecule has 0 aliphatic heterocycles. The summed E-state index contributed by atoms with van der Waals surface area (Å²) in [5, 5.41) is 0.452. The maximum absolute atomic E-state index is 12.2. The van der Waals surface area contributed by atoms with E-state index >= 15 is 0 Å². The predicted molar refractivity (Wildman–Crippen MR) is 50.8 cm³/mol. The summed E-state index contributed by atoms with van der Waals surface area (Å²) in [7, 11) is 0. The van der Waals surface area contributed by atoms with Crippen molar-refractivity contribution in [2.75, 3.05) is 0 Å². The summed E-state index contributed by atoms with van der Waals surface area (Å²) in [5.41, 5.74) is 0.439. The highest BCUT2D eigenvalue weighted by Gasteiger charge is 2.39. The highest BCUT2D eigenvalue weighted by Crippen LogP contribution is 2.27. The normalized spacial score (nSPS) is 13.6. The van der Waals surface area contributed by atoms with Crippen molar-refractivity contribution in [1.82, 2.24) is 0 Å². The average molecular weight is 237 g/mol. The Morgan fingerprint density at radius 3 is 2.20 bits per heavy atom. The smallest absolute Gasteiger partial charge is 0.303 e. The van der Waals surface area contributed by atoms with Crippen molar-refractivity contribution >= 4 is 17.9 Å². The van der Waals surface area contributed by atoms with Crippen molar-refractivity contribution in [1.29, 1.82) is 0 Å². The SMILES string of the molecule is O=CC(Cc1ccc(Cl)cc1)C(F)(F)F. The number of hydrogen-bond donors (Lipinski definition) is 0. The Hall–Kier alpha value is -1.03. The Kier molecular flexibility index (Phi) is 3.74. The van der Waals surface area contributed by atoms with E-state index in [0.717, 1.165) is 0 Å². The van der Waals surface area contributed by atoms with Gasteiger partial charge in [-0.15, -0.1) is 0 Å². The second-order valence-corrected chi connectivity index (χ2v) is 3.55. The lowest BCUT2D eigenvalue weighted by atomic mass is 10.0. The van der Waals surface area contributed by atoms with Gasteiger partial charge >= 0.3 is 6.18 Å². The van der Waals surface area contributed by atoms with Crippen LogP contribution in [0.3, 0.4) is 0 Å². The number of aldehydes is 1. The number of benzene rings is 1. The predicted octanol–water partition coefficient (Wildman–Crippen LogP) is 3.26. The van der Waals surface area contributed by atoms with Gasteiger partial charge in [0.05, 0.1) is 0 Å². The van der Waals surface area contributed by atoms with Gasteiger partial charge in [0.25, 0.3) is 0 Å². The Morgan fingerprint density at radius 1 is 1.27 bits per heavy atom. The largest absolute Gasteiger partial charge is 0.398 e. The monoisotopic (exact) mass is 236 g/mol. The van der Waals surface area contributed by atoms with Crippen LogP contribution >= 0.6 is 11.6 Å². The van der Waals surface area contributed by atoms with Gasteiger partial charge in [-0.3, -0.25) is 0 Å². The molecule has 0 bridgehead atoms. The summed E-state index contributed by atoms with van der Waals surface area (Å²) in [4.78, 5) is 10.3. The van der Waals surface area contributed by atoms with E-state index in [0.29, 0.717) is 10.6 Å². The van der Waals surface area contributed by atoms with Crippen LogP contribution in [0.15, 0.2) is 24.3 Å². The minimum absolute atomic E-state index is 0.0748. The van der Waals surface area contributed by atoms with Gasteiger partial charge in [0.2, 0.25) is 0 Å². The van der Waals surface area contributed by atoms with Gasteiger partial charge in [-0.25, -0.2) is 0 Å². The van der Waals surface area contributed by atoms with Crippen LogP contribution in [-0.2, 0) is 11.2 Å². The van der Waals surface area contributed by atoms with E-state index in [1.165, 1.54) is 24.3 Å². The third-order valence-corrected chi connectivity index (χ3v) is 2.21. The highest BCUT2D eigenvalue weighted by molar-refractivity contribution is 6.30. The zero-order valence-corrected chi connectivity index (χ0v) is 8.35. The second-order valence-electron chi connectivity index (χ2n) is 3.11. The van der Waals surface area contributed by atoms with E-state index < -0.39 is 12.1 Å². The molecule has 0 fully saturated rings. The molecule has 0 saturated carbocycles. The van der Waals surface area contributed by atoms with Gasteiger partial charge in [-0.2, -0.15) is 13.2 Å². The molecular weight excluding hydrogens is 229 g/mol. The van der Waals surface area contributed by atoms with Crippen LogP contribution in [0.4, 0.5) is 13.2 Å². The van der Waals surface area contributed by atoms with Crippen LogP contribution < -0.4 is 0 Å². The van der Waals surface area contributed by atoms with Gasteiger partial charge in [0.15, 0.2) is 0 Å². The summed E-state index contributed by atoms with van der Waals surface area (Å²) in [6.07, 6.45) is -4.90. The summed E-state index contributed by atoms with van der Waals surface area (Å²) in [6.45, 7) is 0. The van der Waals surface area contributed by atoms with E-state index in [1.807, 2.05) is 0 Å². The molecule has 1 atom stereocenters. The number of carbonyl (C=O) groups excluding carboxylic acids is 1. The Bertz CT molecular complexity index is 332. The zero-order chi connectivity index (χ0) is 11.5. The van der Waals surface area contributed by atoms with Crippen LogP contribution in [0.2, 0.25) is 5.02 Å². The molecule has 0 amide bonds. The van der Waals surface area contributed by atoms with Gasteiger partial charge in [0, 0.05) is 5.02 Å². The van der Waals surface area contributed by atoms with Crippen LogP contribution in [0, 0.1) is 5.92 Å². The van der Waals surface area contributed by atoms with Crippen LogP contribution in [0.5, 0.6) is 0 Å². The van der Waals surface area contributed by atoms with Crippen molar-refractivity contribution in [2.24, 2.45) is 5.92 Å². The van der Waals surface area contributed by atoms with E-state index in [1.54, 1.807) is 0 Å². The lowest BCUT2D eigenvalue weighted by Crippen LogP contribution is -2.26. The molecule has 0 radical (unpaired) electrons. The number of carbonyl (C=O) groups is 1. The maximum atomic E-state index is 12.2. The topological polar surface area (TPSA) is 17.1 Å². The molecule has 15 heavy (non-hydrogen) atoms. The fraction of sp³-hybridized carbons (Fsp3) is 0.300. The minimum Gasteiger partial charge on any atom is -0.303 e. The van der Waals surface area contributed by atoms with E-state index in [4.69, 9.17) is 11.6 Å². The number of hydrogen-bond acceptors (Lipinski definition) is 1. The van der Waals surface area contributed by atoms with Gasteiger partial charge in [-0.1, -0.05) is 23.7 Å². The van der Waals surface area contributed by atoms with Crippen molar-refractivity contribution in [2.45, 2.75) is 12.6 Å². The average Bonchev–Trinajstić information content (AvgIpc) is 2.15. The van der Waals surface area contributed by atoms with Gasteiger partial charge in [-0.05, 0) is 24.1 Å². The molecule has 0 aliphatic rings. The number of alkyl halides is 3. The molecular formula is C10H8ClF3O. The number of rotatable bonds is 3. The maximum Gasteiger partial charge on any atom is 0.398 e. The molecule has 1 rings (SSSR count). The van der Waals surface area contributed by atoms with E-state index in [2.05, 4.69) is 0 Å². The summed E-state index contributed by atoms with van der Waals surface area (Å²) >= 11 is 5.58. The van der Waals surface area contributed by atoms with Crippen molar-refractivity contribution in [3.8, 4) is 0 Å². The molecule has 1 unspecified atom stereocenters. The third kappa shape index (κ3) is 3.55. The zero-order valence-electron chi connectivity index (χ0n) is 7.59. The third-order valence-electron chi connectivity index (χ3n) is 1.95. The van der Waals surface area contributed by atoms with Crippen LogP contribution in [0.25, 0.3) is 0 Å². The van der Waals surface area contributed by atoms with Crippen LogP contribution in [0.1, 0.15) is 5.56 Å². The lowest BCUT2D eigenvalue weighted by molar-refractivity contribution is -0.174. The molecule has 0 spiro atoms. The van der Waals surface area contributed by atoms with Crippen molar-refractivity contribution < 1.29 is 18.0 Å². The first kappa shape index (κ1) is 12.0. The van der Waals surface area contributed by atoms with Crippen molar-refractivity contribution in [3.63, 3.8) is 0 Å². The van der Waals surface area contributed by atoms with Crippen molar-refractivity contribution in [3.05, 3.63) is 34.9 Å². The lowest BCUT2D eigenvalue weighted by Gasteiger charge is -2.13. The molecule has 1 aromatic carbocycles. The molecule has 1 aromatic rings. The summed E-state index contributed by atoms with van der Waals surface area (Å²) in [5.74, 6) is -1.95. The number of halogens is 4. The molecule has 1 nitrogen and oxygen atoms in total. The Balaban J connectivity index is 2.76. The molecule has 0 aromatic heterocycles. The van der Waals surface area contributed by atoms with E-state index in [-0.39, 0.29) is 12.7 Å². The van der Waals surface area contributed by atoms with Crippen LogP contribution in [-0.4, -0.2) is 12.5 Å². The highest BCUT2D eigenvalue weighted by atomic mass is 35.5. The fourth-order valence-electron chi connectivity index (χ4n) is 1.12. The van der Waals surface area contributed by atoms with Gasteiger partial charge in [0.1, 0.15) is 12.2 Å². The summed E-state index contributed by atoms with van der Waals surface area (Å²) in [6, 6.07) is 5.94. The second kappa shape index (κ2) is 4.66. The minimum atomic E-state index is -4.48. The standard InChI is InChI=1S/C10H8ClF3O/c11-9-3-1-7(2-4-9)5-8(6-15)10(12,13)14/h1-4,6,8H,5H2. The first-order valence-electron chi connectivity index (χ1n) is 4.20. The summed E-state index contributed by atoms with van der Waals surface area (Å²) < 4.78 is 36.7. The molecule has 82 valence electrons. The first-order valence-corrected chi connectivity index (χ1v) is 4.57. The Labute approximate surface area is 89.9 Å². The first-order chi connectivity index (χ1) is 6.93. The van der Waals surface area contributed by atoms with Gasteiger partial charge < -0.3 is 4.79 Å². The Morgan fingerprint density at radius 2 is 1.80 bits per heavy atom. The molecule has 0 aliphatic carbocycles. The van der Waals surface area contributed by atoms with E-state index in [9.17, 15) is 18.0 Å². The molecule has 5 heteroatoms. The molecule has 0 saturated heterocycles.